The summed E-state index contributed by atoms with van der Waals surface area (Å²) in [5.74, 6) is 0.589. The van der Waals surface area contributed by atoms with E-state index in [1.165, 1.54) is 24.4 Å². The third kappa shape index (κ3) is 4.39. The Labute approximate surface area is 182 Å². The number of nitriles is 1. The molecule has 10 heteroatoms. The highest BCUT2D eigenvalue weighted by atomic mass is 35.5. The molecule has 1 amide bonds. The third-order valence-electron chi connectivity index (χ3n) is 5.20. The number of halogens is 1. The monoisotopic (exact) mass is 436 g/mol. The zero-order valence-corrected chi connectivity index (χ0v) is 17.0. The SMILES string of the molecule is N#Cc1cc(N2CCCC(C(=O)Nc3ccc(Cl)cn3)C2)nc2ccc([N+](=O)[O-])cc12. The van der Waals surface area contributed by atoms with Crippen LogP contribution < -0.4 is 10.2 Å². The van der Waals surface area contributed by atoms with Gasteiger partial charge in [-0.2, -0.15) is 5.26 Å². The van der Waals surface area contributed by atoms with Gasteiger partial charge in [0.15, 0.2) is 0 Å². The number of aromatic nitrogens is 2. The fourth-order valence-electron chi connectivity index (χ4n) is 3.65. The van der Waals surface area contributed by atoms with Crippen molar-refractivity contribution >= 4 is 45.7 Å². The van der Waals surface area contributed by atoms with Gasteiger partial charge in [-0.3, -0.25) is 14.9 Å². The van der Waals surface area contributed by atoms with Crippen molar-refractivity contribution in [2.45, 2.75) is 12.8 Å². The molecule has 0 spiro atoms. The molecule has 3 heterocycles. The maximum absolute atomic E-state index is 12.7. The van der Waals surface area contributed by atoms with E-state index in [0.717, 1.165) is 12.8 Å². The number of nitro groups is 1. The summed E-state index contributed by atoms with van der Waals surface area (Å²) >= 11 is 5.83. The van der Waals surface area contributed by atoms with E-state index in [1.807, 2.05) is 4.90 Å². The molecular formula is C21H17ClN6O3. The number of fused-ring (bicyclic) bond motifs is 1. The minimum Gasteiger partial charge on any atom is -0.356 e. The van der Waals surface area contributed by atoms with Crippen LogP contribution in [0.2, 0.25) is 5.02 Å². The number of amides is 1. The molecule has 1 fully saturated rings. The average Bonchev–Trinajstić information content (AvgIpc) is 2.79. The molecule has 1 aromatic carbocycles. The highest BCUT2D eigenvalue weighted by Crippen LogP contribution is 2.29. The lowest BCUT2D eigenvalue weighted by atomic mass is 9.97. The summed E-state index contributed by atoms with van der Waals surface area (Å²) in [6, 6.07) is 11.3. The zero-order chi connectivity index (χ0) is 22.0. The van der Waals surface area contributed by atoms with E-state index in [-0.39, 0.29) is 17.5 Å². The lowest BCUT2D eigenvalue weighted by molar-refractivity contribution is -0.384. The minimum atomic E-state index is -0.502. The Bertz CT molecular complexity index is 1210. The van der Waals surface area contributed by atoms with Crippen LogP contribution in [0.3, 0.4) is 0 Å². The highest BCUT2D eigenvalue weighted by Gasteiger charge is 2.27. The van der Waals surface area contributed by atoms with Gasteiger partial charge in [-0.05, 0) is 37.1 Å². The third-order valence-corrected chi connectivity index (χ3v) is 5.43. The number of hydrogen-bond donors (Lipinski definition) is 1. The van der Waals surface area contributed by atoms with E-state index in [4.69, 9.17) is 11.6 Å². The van der Waals surface area contributed by atoms with Crippen molar-refractivity contribution in [3.8, 4) is 6.07 Å². The molecule has 0 saturated carbocycles. The molecular weight excluding hydrogens is 420 g/mol. The van der Waals surface area contributed by atoms with Crippen molar-refractivity contribution in [1.29, 1.82) is 5.26 Å². The summed E-state index contributed by atoms with van der Waals surface area (Å²) in [6.45, 7) is 1.13. The molecule has 1 aliphatic rings. The molecule has 0 aliphatic carbocycles. The van der Waals surface area contributed by atoms with E-state index in [1.54, 1.807) is 18.2 Å². The van der Waals surface area contributed by atoms with Gasteiger partial charge in [0, 0.05) is 36.8 Å². The molecule has 1 aliphatic heterocycles. The topological polar surface area (TPSA) is 125 Å². The number of anilines is 2. The number of nitrogens with one attached hydrogen (secondary N) is 1. The molecule has 1 saturated heterocycles. The molecule has 0 radical (unpaired) electrons. The summed E-state index contributed by atoms with van der Waals surface area (Å²) in [6.07, 6.45) is 2.98. The fraction of sp³-hybridized carbons (Fsp3) is 0.238. The van der Waals surface area contributed by atoms with Crippen molar-refractivity contribution in [3.63, 3.8) is 0 Å². The predicted molar refractivity (Wildman–Crippen MR) is 116 cm³/mol. The Hall–Kier alpha value is -3.77. The molecule has 4 rings (SSSR count). The van der Waals surface area contributed by atoms with Crippen LogP contribution in [0, 0.1) is 27.4 Å². The Balaban J connectivity index is 1.56. The smallest absolute Gasteiger partial charge is 0.270 e. The number of carbonyl (C=O) groups excluding carboxylic acids is 1. The van der Waals surface area contributed by atoms with Gasteiger partial charge in [0.05, 0.1) is 33.0 Å². The maximum Gasteiger partial charge on any atom is 0.270 e. The van der Waals surface area contributed by atoms with Crippen molar-refractivity contribution in [2.75, 3.05) is 23.3 Å². The number of hydrogen-bond acceptors (Lipinski definition) is 7. The summed E-state index contributed by atoms with van der Waals surface area (Å²) < 4.78 is 0. The first-order valence-electron chi connectivity index (χ1n) is 9.61. The van der Waals surface area contributed by atoms with Gasteiger partial charge in [0.25, 0.3) is 5.69 Å². The molecule has 1 N–H and O–H groups in total. The molecule has 31 heavy (non-hydrogen) atoms. The Morgan fingerprint density at radius 2 is 2.16 bits per heavy atom. The first-order valence-corrected chi connectivity index (χ1v) is 9.99. The molecule has 1 unspecified atom stereocenters. The van der Waals surface area contributed by atoms with E-state index in [0.29, 0.717) is 46.2 Å². The van der Waals surface area contributed by atoms with Crippen molar-refractivity contribution in [2.24, 2.45) is 5.92 Å². The van der Waals surface area contributed by atoms with Crippen molar-refractivity contribution < 1.29 is 9.72 Å². The van der Waals surface area contributed by atoms with Crippen LogP contribution in [0.25, 0.3) is 10.9 Å². The molecule has 2 aromatic heterocycles. The number of nitrogens with zero attached hydrogens (tertiary/aromatic N) is 5. The number of pyridine rings is 2. The lowest BCUT2D eigenvalue weighted by Crippen LogP contribution is -2.41. The van der Waals surface area contributed by atoms with Crippen LogP contribution in [-0.4, -0.2) is 33.9 Å². The number of non-ortho nitro benzene ring substituents is 1. The van der Waals surface area contributed by atoms with Gasteiger partial charge in [-0.1, -0.05) is 11.6 Å². The van der Waals surface area contributed by atoms with Gasteiger partial charge in [0.1, 0.15) is 11.6 Å². The first-order chi connectivity index (χ1) is 14.9. The summed E-state index contributed by atoms with van der Waals surface area (Å²) in [4.78, 5) is 33.9. The van der Waals surface area contributed by atoms with Gasteiger partial charge >= 0.3 is 0 Å². The van der Waals surface area contributed by atoms with Gasteiger partial charge in [-0.15, -0.1) is 0 Å². The van der Waals surface area contributed by atoms with Crippen LogP contribution in [0.4, 0.5) is 17.3 Å². The summed E-state index contributed by atoms with van der Waals surface area (Å²) in [5.41, 5.74) is 0.710. The van der Waals surface area contributed by atoms with Crippen molar-refractivity contribution in [1.82, 2.24) is 9.97 Å². The van der Waals surface area contributed by atoms with Crippen LogP contribution in [0.5, 0.6) is 0 Å². The normalized spacial score (nSPS) is 16.0. The van der Waals surface area contributed by atoms with E-state index in [2.05, 4.69) is 21.4 Å². The van der Waals surface area contributed by atoms with Crippen LogP contribution >= 0.6 is 11.6 Å². The number of piperidine rings is 1. The zero-order valence-electron chi connectivity index (χ0n) is 16.3. The second-order valence-electron chi connectivity index (χ2n) is 7.23. The number of rotatable bonds is 4. The minimum absolute atomic E-state index is 0.0935. The van der Waals surface area contributed by atoms with Gasteiger partial charge in [-0.25, -0.2) is 9.97 Å². The van der Waals surface area contributed by atoms with E-state index in [9.17, 15) is 20.2 Å². The first kappa shape index (κ1) is 20.5. The second-order valence-corrected chi connectivity index (χ2v) is 7.67. The Morgan fingerprint density at radius 3 is 2.87 bits per heavy atom. The Morgan fingerprint density at radius 1 is 1.32 bits per heavy atom. The summed E-state index contributed by atoms with van der Waals surface area (Å²) in [7, 11) is 0. The van der Waals surface area contributed by atoms with Crippen LogP contribution in [0.15, 0.2) is 42.6 Å². The quantitative estimate of drug-likeness (QED) is 0.485. The van der Waals surface area contributed by atoms with Crippen molar-refractivity contribution in [3.05, 3.63) is 63.3 Å². The Kier molecular flexibility index (Phi) is 5.64. The molecule has 0 bridgehead atoms. The maximum atomic E-state index is 12.7. The van der Waals surface area contributed by atoms with Gasteiger partial charge in [0.2, 0.25) is 5.91 Å². The number of benzene rings is 1. The van der Waals surface area contributed by atoms with E-state index >= 15 is 0 Å². The number of nitro benzene ring substituents is 1. The molecule has 3 aromatic rings. The standard InChI is InChI=1S/C21H17ClN6O3/c22-15-3-6-19(24-11-15)26-21(29)13-2-1-7-27(12-13)20-8-14(10-23)17-9-16(28(30)31)4-5-18(17)25-20/h3-6,8-9,11,13H,1-2,7,12H2,(H,24,26,29). The average molecular weight is 437 g/mol. The lowest BCUT2D eigenvalue weighted by Gasteiger charge is -2.33. The predicted octanol–water partition coefficient (Wildman–Crippen LogP) is 3.92. The van der Waals surface area contributed by atoms with Gasteiger partial charge < -0.3 is 10.2 Å². The molecule has 156 valence electrons. The molecule has 1 atom stereocenters. The van der Waals surface area contributed by atoms with Crippen LogP contribution in [0.1, 0.15) is 18.4 Å². The fourth-order valence-corrected chi connectivity index (χ4v) is 3.76. The van der Waals surface area contributed by atoms with Crippen LogP contribution in [-0.2, 0) is 4.79 Å². The second kappa shape index (κ2) is 8.53. The summed E-state index contributed by atoms with van der Waals surface area (Å²) in [5, 5.41) is 24.3. The highest BCUT2D eigenvalue weighted by molar-refractivity contribution is 6.30. The largest absolute Gasteiger partial charge is 0.356 e. The number of carbonyl (C=O) groups is 1. The van der Waals surface area contributed by atoms with E-state index < -0.39 is 4.92 Å². The molecule has 9 nitrogen and oxygen atoms in total.